The molecule has 1 aromatic heterocycles. The highest BCUT2D eigenvalue weighted by Gasteiger charge is 2.24. The zero-order valence-corrected chi connectivity index (χ0v) is 14.8. The van der Waals surface area contributed by atoms with Crippen molar-refractivity contribution in [2.45, 2.75) is 38.8 Å². The van der Waals surface area contributed by atoms with Crippen LogP contribution < -0.4 is 0 Å². The molecule has 1 aromatic carbocycles. The lowest BCUT2D eigenvalue weighted by Crippen LogP contribution is -2.01. The fourth-order valence-corrected chi connectivity index (χ4v) is 3.55. The van der Waals surface area contributed by atoms with Crippen LogP contribution in [-0.2, 0) is 12.1 Å². The number of alkyl halides is 2. The van der Waals surface area contributed by atoms with Gasteiger partial charge in [0.15, 0.2) is 0 Å². The number of rotatable bonds is 6. The first-order valence-corrected chi connectivity index (χ1v) is 8.61. The Morgan fingerprint density at radius 1 is 1.32 bits per heavy atom. The lowest BCUT2D eigenvalue weighted by molar-refractivity contribution is 0.104. The van der Waals surface area contributed by atoms with Crippen molar-refractivity contribution in [3.05, 3.63) is 52.6 Å². The molecule has 0 N–H and O–H groups in total. The van der Waals surface area contributed by atoms with Gasteiger partial charge in [-0.2, -0.15) is 8.78 Å². The zero-order valence-electron chi connectivity index (χ0n) is 12.8. The number of hydrogen-bond acceptors (Lipinski definition) is 2. The van der Waals surface area contributed by atoms with E-state index in [9.17, 15) is 8.78 Å². The topological polar surface area (TPSA) is 12.9 Å². The highest BCUT2D eigenvalue weighted by atomic mass is 32.1. The molecule has 5 heteroatoms. The highest BCUT2D eigenvalue weighted by Crippen LogP contribution is 2.36. The summed E-state index contributed by atoms with van der Waals surface area (Å²) in [5, 5.41) is 0.871. The van der Waals surface area contributed by atoms with Crippen molar-refractivity contribution < 1.29 is 8.78 Å². The second kappa shape index (κ2) is 6.97. The molecule has 0 saturated carbocycles. The molecule has 1 heterocycles. The standard InChI is InChI=1S/C17H20F2NPS/c1-4-5-11(2)10-15-12(3)20-16(22-15)13-6-8-14(9-7-13)17(18,19)21/h6-9H,2,4-5,10,21H2,1,3H3. The minimum Gasteiger partial charge on any atom is -0.241 e. The van der Waals surface area contributed by atoms with E-state index in [2.05, 4.69) is 18.5 Å². The Kier molecular flexibility index (Phi) is 5.46. The third-order valence-corrected chi connectivity index (χ3v) is 4.96. The van der Waals surface area contributed by atoms with Crippen molar-refractivity contribution in [2.24, 2.45) is 0 Å². The maximum atomic E-state index is 13.2. The van der Waals surface area contributed by atoms with Crippen LogP contribution in [0.2, 0.25) is 0 Å². The number of thiazole rings is 1. The largest absolute Gasteiger partial charge is 0.283 e. The van der Waals surface area contributed by atoms with Crippen LogP contribution in [0, 0.1) is 6.92 Å². The molecule has 1 nitrogen and oxygen atoms in total. The maximum absolute atomic E-state index is 13.2. The molecular weight excluding hydrogens is 319 g/mol. The summed E-state index contributed by atoms with van der Waals surface area (Å²) in [5.74, 6) is 0. The van der Waals surface area contributed by atoms with Crippen molar-refractivity contribution in [3.8, 4) is 10.6 Å². The second-order valence-corrected chi connectivity index (χ2v) is 7.21. The molecule has 0 aliphatic carbocycles. The fourth-order valence-electron chi connectivity index (χ4n) is 2.22. The number of nitrogens with zero attached hydrogens (tertiary/aromatic N) is 1. The Labute approximate surface area is 136 Å². The minimum absolute atomic E-state index is 0.00826. The summed E-state index contributed by atoms with van der Waals surface area (Å²) < 4.78 is 26.4. The summed E-state index contributed by atoms with van der Waals surface area (Å²) in [7, 11) is 1.56. The van der Waals surface area contributed by atoms with E-state index in [4.69, 9.17) is 0 Å². The normalized spacial score (nSPS) is 11.7. The molecule has 0 fully saturated rings. The summed E-state index contributed by atoms with van der Waals surface area (Å²) in [6.45, 7) is 8.22. The molecule has 118 valence electrons. The van der Waals surface area contributed by atoms with Crippen molar-refractivity contribution in [1.82, 2.24) is 4.98 Å². The fraction of sp³-hybridized carbons (Fsp3) is 0.353. The van der Waals surface area contributed by atoms with Crippen molar-refractivity contribution in [3.63, 3.8) is 0 Å². The molecule has 2 aromatic rings. The van der Waals surface area contributed by atoms with Crippen LogP contribution in [0.4, 0.5) is 8.78 Å². The Morgan fingerprint density at radius 2 is 1.95 bits per heavy atom. The molecule has 0 aliphatic heterocycles. The predicted octanol–water partition coefficient (Wildman–Crippen LogP) is 5.94. The average molecular weight is 339 g/mol. The molecule has 0 spiro atoms. The number of benzene rings is 1. The molecule has 0 saturated heterocycles. The van der Waals surface area contributed by atoms with Crippen LogP contribution in [0.1, 0.15) is 35.9 Å². The Bertz CT molecular complexity index is 656. The van der Waals surface area contributed by atoms with Gasteiger partial charge in [0.25, 0.3) is 5.66 Å². The maximum Gasteiger partial charge on any atom is 0.283 e. The van der Waals surface area contributed by atoms with Crippen molar-refractivity contribution in [2.75, 3.05) is 0 Å². The van der Waals surface area contributed by atoms with Crippen LogP contribution in [-0.4, -0.2) is 4.98 Å². The van der Waals surface area contributed by atoms with Crippen LogP contribution in [0.25, 0.3) is 10.6 Å². The van der Waals surface area contributed by atoms with Gasteiger partial charge in [0.05, 0.1) is 5.69 Å². The first-order chi connectivity index (χ1) is 10.3. The number of halogens is 2. The number of aryl methyl sites for hydroxylation is 1. The molecule has 0 radical (unpaired) electrons. The summed E-state index contributed by atoms with van der Waals surface area (Å²) in [6, 6.07) is 6.32. The van der Waals surface area contributed by atoms with Gasteiger partial charge in [-0.05, 0) is 13.3 Å². The van der Waals surface area contributed by atoms with Crippen LogP contribution in [0.5, 0.6) is 0 Å². The summed E-state index contributed by atoms with van der Waals surface area (Å²) >= 11 is 1.62. The van der Waals surface area contributed by atoms with Crippen molar-refractivity contribution >= 4 is 20.6 Å². The van der Waals surface area contributed by atoms with E-state index in [1.165, 1.54) is 22.6 Å². The third-order valence-electron chi connectivity index (χ3n) is 3.42. The van der Waals surface area contributed by atoms with Gasteiger partial charge in [-0.25, -0.2) is 4.98 Å². The monoisotopic (exact) mass is 339 g/mol. The quantitative estimate of drug-likeness (QED) is 0.469. The van der Waals surface area contributed by atoms with E-state index in [1.54, 1.807) is 32.7 Å². The van der Waals surface area contributed by atoms with E-state index >= 15 is 0 Å². The first kappa shape index (κ1) is 17.2. The van der Waals surface area contributed by atoms with Gasteiger partial charge in [0.1, 0.15) is 5.01 Å². The molecule has 2 rings (SSSR count). The zero-order chi connectivity index (χ0) is 16.3. The molecule has 1 atom stereocenters. The van der Waals surface area contributed by atoms with Crippen LogP contribution in [0.3, 0.4) is 0 Å². The summed E-state index contributed by atoms with van der Waals surface area (Å²) in [4.78, 5) is 5.77. The van der Waals surface area contributed by atoms with E-state index in [1.807, 2.05) is 6.92 Å². The first-order valence-electron chi connectivity index (χ1n) is 7.21. The van der Waals surface area contributed by atoms with E-state index in [0.29, 0.717) is 0 Å². The average Bonchev–Trinajstić information content (AvgIpc) is 2.79. The van der Waals surface area contributed by atoms with Gasteiger partial charge in [0.2, 0.25) is 0 Å². The summed E-state index contributed by atoms with van der Waals surface area (Å²) in [6.07, 6.45) is 2.96. The Morgan fingerprint density at radius 3 is 2.50 bits per heavy atom. The minimum atomic E-state index is -2.89. The highest BCUT2D eigenvalue weighted by molar-refractivity contribution is 7.17. The van der Waals surface area contributed by atoms with Crippen LogP contribution in [0.15, 0.2) is 36.4 Å². The van der Waals surface area contributed by atoms with Gasteiger partial charge >= 0.3 is 0 Å². The molecule has 0 amide bonds. The smallest absolute Gasteiger partial charge is 0.241 e. The molecule has 0 bridgehead atoms. The SMILES string of the molecule is C=C(CCC)Cc1sc(-c2ccc(C(F)(F)P)cc2)nc1C. The predicted molar refractivity (Wildman–Crippen MR) is 93.6 cm³/mol. The molecule has 0 aliphatic rings. The lowest BCUT2D eigenvalue weighted by atomic mass is 10.1. The van der Waals surface area contributed by atoms with E-state index < -0.39 is 5.66 Å². The van der Waals surface area contributed by atoms with Gasteiger partial charge in [0, 0.05) is 22.4 Å². The van der Waals surface area contributed by atoms with Crippen molar-refractivity contribution in [1.29, 1.82) is 0 Å². The Balaban J connectivity index is 2.21. The number of allylic oxidation sites excluding steroid dienone is 1. The van der Waals surface area contributed by atoms with Gasteiger partial charge in [-0.1, -0.05) is 59.0 Å². The second-order valence-electron chi connectivity index (χ2n) is 5.40. The Hall–Kier alpha value is -1.12. The van der Waals surface area contributed by atoms with Gasteiger partial charge in [-0.15, -0.1) is 11.3 Å². The molecular formula is C17H20F2NPS. The van der Waals surface area contributed by atoms with E-state index in [0.717, 1.165) is 35.5 Å². The van der Waals surface area contributed by atoms with Crippen LogP contribution >= 0.6 is 20.6 Å². The molecule has 1 unspecified atom stereocenters. The molecule has 22 heavy (non-hydrogen) atoms. The summed E-state index contributed by atoms with van der Waals surface area (Å²) in [5.41, 5.74) is 0.182. The number of hydrogen-bond donors (Lipinski definition) is 0. The van der Waals surface area contributed by atoms with E-state index in [-0.39, 0.29) is 5.56 Å². The lowest BCUT2D eigenvalue weighted by Gasteiger charge is -2.10. The third kappa shape index (κ3) is 4.21. The van der Waals surface area contributed by atoms with Gasteiger partial charge < -0.3 is 0 Å². The van der Waals surface area contributed by atoms with Gasteiger partial charge in [-0.3, -0.25) is 0 Å². The number of aromatic nitrogens is 1.